The Hall–Kier alpha value is -0.780. The Morgan fingerprint density at radius 2 is 2.00 bits per heavy atom. The van der Waals surface area contributed by atoms with E-state index in [1.807, 2.05) is 26.0 Å². The molecular weight excluding hydrogens is 380 g/mol. The molecule has 1 aliphatic heterocycles. The molecule has 2 rings (SSSR count). The van der Waals surface area contributed by atoms with E-state index in [0.29, 0.717) is 17.9 Å². The molecule has 4 nitrogen and oxygen atoms in total. The topological polar surface area (TPSA) is 50.4 Å². The monoisotopic (exact) mass is 404 g/mol. The minimum absolute atomic E-state index is 0. The molecule has 6 heteroatoms. The van der Waals surface area contributed by atoms with Gasteiger partial charge in [0.1, 0.15) is 5.75 Å². The van der Waals surface area contributed by atoms with E-state index in [1.54, 1.807) is 6.07 Å². The fourth-order valence-electron chi connectivity index (χ4n) is 2.64. The number of halogens is 2. The first-order valence-electron chi connectivity index (χ1n) is 7.84. The van der Waals surface area contributed by atoms with Gasteiger partial charge in [-0.05, 0) is 63.4 Å². The SMILES string of the molecule is CC(C)Oc1cc(Br)cc(C(=O)NCC2(C)CCNCC2)c1.Cl. The highest BCUT2D eigenvalue weighted by Gasteiger charge is 2.27. The largest absolute Gasteiger partial charge is 0.491 e. The lowest BCUT2D eigenvalue weighted by molar-refractivity contribution is 0.0921. The van der Waals surface area contributed by atoms with Crippen LogP contribution in [0.25, 0.3) is 0 Å². The molecular formula is C17H26BrClN2O2. The molecule has 0 radical (unpaired) electrons. The Labute approximate surface area is 153 Å². The number of hydrogen-bond donors (Lipinski definition) is 2. The van der Waals surface area contributed by atoms with E-state index >= 15 is 0 Å². The van der Waals surface area contributed by atoms with Crippen LogP contribution in [0.5, 0.6) is 5.75 Å². The molecule has 0 unspecified atom stereocenters. The van der Waals surface area contributed by atoms with E-state index in [1.165, 1.54) is 0 Å². The average Bonchev–Trinajstić information content (AvgIpc) is 2.44. The molecule has 0 aliphatic carbocycles. The van der Waals surface area contributed by atoms with Crippen molar-refractivity contribution in [1.82, 2.24) is 10.6 Å². The van der Waals surface area contributed by atoms with Crippen LogP contribution >= 0.6 is 28.3 Å². The van der Waals surface area contributed by atoms with Gasteiger partial charge in [0, 0.05) is 16.6 Å². The Morgan fingerprint density at radius 1 is 1.35 bits per heavy atom. The van der Waals surface area contributed by atoms with E-state index in [9.17, 15) is 4.79 Å². The third-order valence-electron chi connectivity index (χ3n) is 3.99. The van der Waals surface area contributed by atoms with Crippen LogP contribution in [0.1, 0.15) is 44.0 Å². The smallest absolute Gasteiger partial charge is 0.251 e. The summed E-state index contributed by atoms with van der Waals surface area (Å²) in [7, 11) is 0. The van der Waals surface area contributed by atoms with Crippen molar-refractivity contribution in [3.63, 3.8) is 0 Å². The van der Waals surface area contributed by atoms with Crippen LogP contribution in [0.2, 0.25) is 0 Å². The van der Waals surface area contributed by atoms with Gasteiger partial charge in [0.05, 0.1) is 6.10 Å². The molecule has 2 N–H and O–H groups in total. The molecule has 0 aromatic heterocycles. The van der Waals surface area contributed by atoms with Gasteiger partial charge < -0.3 is 15.4 Å². The van der Waals surface area contributed by atoms with Crippen molar-refractivity contribution >= 4 is 34.2 Å². The second-order valence-corrected chi connectivity index (χ2v) is 7.50. The van der Waals surface area contributed by atoms with Gasteiger partial charge in [0.2, 0.25) is 0 Å². The first-order chi connectivity index (χ1) is 10.4. The molecule has 130 valence electrons. The summed E-state index contributed by atoms with van der Waals surface area (Å²) >= 11 is 3.44. The minimum Gasteiger partial charge on any atom is -0.491 e. The summed E-state index contributed by atoms with van der Waals surface area (Å²) in [6, 6.07) is 5.50. The number of carbonyl (C=O) groups excluding carboxylic acids is 1. The summed E-state index contributed by atoms with van der Waals surface area (Å²) in [6.07, 6.45) is 2.26. The number of piperidine rings is 1. The zero-order chi connectivity index (χ0) is 16.2. The molecule has 1 aliphatic rings. The highest BCUT2D eigenvalue weighted by Crippen LogP contribution is 2.27. The van der Waals surface area contributed by atoms with Gasteiger partial charge in [-0.1, -0.05) is 22.9 Å². The summed E-state index contributed by atoms with van der Waals surface area (Å²) in [5, 5.41) is 6.43. The molecule has 0 saturated carbocycles. The zero-order valence-electron chi connectivity index (χ0n) is 13.9. The number of hydrogen-bond acceptors (Lipinski definition) is 3. The fraction of sp³-hybridized carbons (Fsp3) is 0.588. The van der Waals surface area contributed by atoms with E-state index in [0.717, 1.165) is 30.4 Å². The second kappa shape index (κ2) is 8.90. The maximum absolute atomic E-state index is 12.4. The number of rotatable bonds is 5. The first kappa shape index (κ1) is 20.3. The minimum atomic E-state index is -0.0466. The van der Waals surface area contributed by atoms with Gasteiger partial charge >= 0.3 is 0 Å². The van der Waals surface area contributed by atoms with Crippen LogP contribution in [0.4, 0.5) is 0 Å². The van der Waals surface area contributed by atoms with Gasteiger partial charge in [-0.3, -0.25) is 4.79 Å². The highest BCUT2D eigenvalue weighted by molar-refractivity contribution is 9.10. The molecule has 0 atom stereocenters. The molecule has 1 heterocycles. The van der Waals surface area contributed by atoms with Crippen molar-refractivity contribution in [1.29, 1.82) is 0 Å². The number of carbonyl (C=O) groups is 1. The maximum atomic E-state index is 12.4. The summed E-state index contributed by atoms with van der Waals surface area (Å²) < 4.78 is 6.53. The fourth-order valence-corrected chi connectivity index (χ4v) is 3.11. The number of ether oxygens (including phenoxy) is 1. The van der Waals surface area contributed by atoms with Crippen LogP contribution in [-0.4, -0.2) is 31.6 Å². The number of benzene rings is 1. The van der Waals surface area contributed by atoms with Crippen LogP contribution < -0.4 is 15.4 Å². The van der Waals surface area contributed by atoms with Gasteiger partial charge in [-0.15, -0.1) is 12.4 Å². The summed E-state index contributed by atoms with van der Waals surface area (Å²) in [5.41, 5.74) is 0.812. The molecule has 1 fully saturated rings. The lowest BCUT2D eigenvalue weighted by Crippen LogP contribution is -2.42. The highest BCUT2D eigenvalue weighted by atomic mass is 79.9. The van der Waals surface area contributed by atoms with E-state index in [4.69, 9.17) is 4.74 Å². The third kappa shape index (κ3) is 6.32. The van der Waals surface area contributed by atoms with Crippen LogP contribution in [0.3, 0.4) is 0 Å². The molecule has 1 saturated heterocycles. The van der Waals surface area contributed by atoms with Crippen LogP contribution in [0, 0.1) is 5.41 Å². The summed E-state index contributed by atoms with van der Waals surface area (Å²) in [5.74, 6) is 0.664. The normalized spacial score (nSPS) is 16.6. The third-order valence-corrected chi connectivity index (χ3v) is 4.45. The molecule has 1 aromatic carbocycles. The predicted octanol–water partition coefficient (Wildman–Crippen LogP) is 3.78. The lowest BCUT2D eigenvalue weighted by atomic mass is 9.81. The Kier molecular flexibility index (Phi) is 7.84. The van der Waals surface area contributed by atoms with Gasteiger partial charge in [0.15, 0.2) is 0 Å². The summed E-state index contributed by atoms with van der Waals surface area (Å²) in [6.45, 7) is 8.94. The van der Waals surface area contributed by atoms with Gasteiger partial charge in [-0.25, -0.2) is 0 Å². The molecule has 1 aromatic rings. The van der Waals surface area contributed by atoms with Crippen molar-refractivity contribution in [3.05, 3.63) is 28.2 Å². The van der Waals surface area contributed by atoms with Gasteiger partial charge in [-0.2, -0.15) is 0 Å². The van der Waals surface area contributed by atoms with Crippen molar-refractivity contribution in [2.24, 2.45) is 5.41 Å². The molecule has 0 spiro atoms. The summed E-state index contributed by atoms with van der Waals surface area (Å²) in [4.78, 5) is 12.4. The van der Waals surface area contributed by atoms with E-state index in [2.05, 4.69) is 33.5 Å². The van der Waals surface area contributed by atoms with Crippen molar-refractivity contribution in [3.8, 4) is 5.75 Å². The van der Waals surface area contributed by atoms with Crippen molar-refractivity contribution in [2.75, 3.05) is 19.6 Å². The van der Waals surface area contributed by atoms with Crippen LogP contribution in [0.15, 0.2) is 22.7 Å². The maximum Gasteiger partial charge on any atom is 0.251 e. The zero-order valence-corrected chi connectivity index (χ0v) is 16.4. The molecule has 0 bridgehead atoms. The molecule has 23 heavy (non-hydrogen) atoms. The standard InChI is InChI=1S/C17H25BrN2O2.ClH/c1-12(2)22-15-9-13(8-14(18)10-15)16(21)20-11-17(3)4-6-19-7-5-17;/h8-10,12,19H,4-7,11H2,1-3H3,(H,20,21);1H. The van der Waals surface area contributed by atoms with Crippen LogP contribution in [-0.2, 0) is 0 Å². The molecule has 1 amide bonds. The van der Waals surface area contributed by atoms with Crippen molar-refractivity contribution < 1.29 is 9.53 Å². The quantitative estimate of drug-likeness (QED) is 0.784. The van der Waals surface area contributed by atoms with Gasteiger partial charge in [0.25, 0.3) is 5.91 Å². The second-order valence-electron chi connectivity index (χ2n) is 6.59. The van der Waals surface area contributed by atoms with E-state index < -0.39 is 0 Å². The predicted molar refractivity (Wildman–Crippen MR) is 99.7 cm³/mol. The van der Waals surface area contributed by atoms with Crippen molar-refractivity contribution in [2.45, 2.75) is 39.7 Å². The Morgan fingerprint density at radius 3 is 2.61 bits per heavy atom. The Balaban J connectivity index is 0.00000264. The average molecular weight is 406 g/mol. The Bertz CT molecular complexity index is 531. The number of nitrogens with one attached hydrogen (secondary N) is 2. The van der Waals surface area contributed by atoms with E-state index in [-0.39, 0.29) is 29.8 Å². The first-order valence-corrected chi connectivity index (χ1v) is 8.63. The lowest BCUT2D eigenvalue weighted by Gasteiger charge is -2.34. The number of amides is 1.